The van der Waals surface area contributed by atoms with Crippen molar-refractivity contribution in [1.29, 1.82) is 0 Å². The average Bonchev–Trinajstić information content (AvgIpc) is 3.12. The maximum atomic E-state index is 4.24. The first-order chi connectivity index (χ1) is 8.93. The number of thiophene rings is 1. The highest BCUT2D eigenvalue weighted by molar-refractivity contribution is 7.13. The maximum absolute atomic E-state index is 4.24. The van der Waals surface area contributed by atoms with Crippen molar-refractivity contribution in [3.63, 3.8) is 0 Å². The van der Waals surface area contributed by atoms with E-state index in [1.165, 1.54) is 10.4 Å². The van der Waals surface area contributed by atoms with E-state index in [9.17, 15) is 0 Å². The second-order valence-corrected chi connectivity index (χ2v) is 5.70. The highest BCUT2D eigenvalue weighted by Crippen LogP contribution is 2.25. The lowest BCUT2D eigenvalue weighted by Gasteiger charge is -2.02. The van der Waals surface area contributed by atoms with Gasteiger partial charge in [0.2, 0.25) is 0 Å². The third-order valence-corrected chi connectivity index (χ3v) is 4.23. The molecule has 2 N–H and O–H groups in total. The highest BCUT2D eigenvalue weighted by Gasteiger charge is 2.08. The largest absolute Gasteiger partial charge is 0.306 e. The molecule has 0 unspecified atom stereocenters. The Kier molecular flexibility index (Phi) is 3.49. The predicted octanol–water partition coefficient (Wildman–Crippen LogP) is 2.88. The van der Waals surface area contributed by atoms with Gasteiger partial charge >= 0.3 is 0 Å². The summed E-state index contributed by atoms with van der Waals surface area (Å²) in [5.74, 6) is 0. The van der Waals surface area contributed by atoms with Crippen LogP contribution < -0.4 is 5.32 Å². The van der Waals surface area contributed by atoms with E-state index in [4.69, 9.17) is 0 Å². The monoisotopic (exact) mass is 276 g/mol. The molecule has 0 aliphatic rings. The van der Waals surface area contributed by atoms with Gasteiger partial charge in [-0.25, -0.2) is 4.98 Å². The van der Waals surface area contributed by atoms with E-state index < -0.39 is 0 Å². The number of H-pyrrole nitrogens is 1. The summed E-state index contributed by atoms with van der Waals surface area (Å²) in [6.45, 7) is 1.59. The zero-order valence-electron chi connectivity index (χ0n) is 9.59. The number of aromatic amines is 1. The Bertz CT molecular complexity index is 583. The summed E-state index contributed by atoms with van der Waals surface area (Å²) in [4.78, 5) is 5.46. The molecule has 4 nitrogen and oxygen atoms in total. The van der Waals surface area contributed by atoms with Crippen LogP contribution in [0.25, 0.3) is 10.6 Å². The number of aromatic nitrogens is 3. The summed E-state index contributed by atoms with van der Waals surface area (Å²) in [6.07, 6.45) is 3.71. The zero-order chi connectivity index (χ0) is 12.2. The Morgan fingerprint density at radius 1 is 1.22 bits per heavy atom. The van der Waals surface area contributed by atoms with Crippen LogP contribution in [0, 0.1) is 0 Å². The molecule has 0 aromatic carbocycles. The molecule has 3 aromatic heterocycles. The van der Waals surface area contributed by atoms with Gasteiger partial charge in [-0.1, -0.05) is 6.07 Å². The van der Waals surface area contributed by atoms with Crippen molar-refractivity contribution < 1.29 is 0 Å². The van der Waals surface area contributed by atoms with Gasteiger partial charge in [0.05, 0.1) is 16.8 Å². The fourth-order valence-electron chi connectivity index (χ4n) is 1.72. The number of nitrogens with zero attached hydrogens (tertiary/aromatic N) is 2. The molecule has 0 aliphatic heterocycles. The van der Waals surface area contributed by atoms with Crippen LogP contribution in [0.2, 0.25) is 0 Å². The van der Waals surface area contributed by atoms with Crippen molar-refractivity contribution >= 4 is 22.7 Å². The number of hydrogen-bond donors (Lipinski definition) is 2. The van der Waals surface area contributed by atoms with Gasteiger partial charge in [-0.05, 0) is 11.4 Å². The summed E-state index contributed by atoms with van der Waals surface area (Å²) in [7, 11) is 0. The van der Waals surface area contributed by atoms with Crippen molar-refractivity contribution in [2.45, 2.75) is 13.1 Å². The van der Waals surface area contributed by atoms with E-state index in [-0.39, 0.29) is 0 Å². The lowest BCUT2D eigenvalue weighted by atomic mass is 10.2. The van der Waals surface area contributed by atoms with Crippen LogP contribution in [0.3, 0.4) is 0 Å². The Balaban J connectivity index is 1.65. The van der Waals surface area contributed by atoms with Gasteiger partial charge in [-0.2, -0.15) is 5.10 Å². The molecule has 0 fully saturated rings. The molecular weight excluding hydrogens is 264 g/mol. The summed E-state index contributed by atoms with van der Waals surface area (Å²) in [5.41, 5.74) is 2.30. The molecule has 0 amide bonds. The Labute approximate surface area is 113 Å². The third-order valence-electron chi connectivity index (χ3n) is 2.56. The first-order valence-electron chi connectivity index (χ1n) is 5.58. The fourth-order valence-corrected chi connectivity index (χ4v) is 3.07. The molecule has 3 aromatic rings. The topological polar surface area (TPSA) is 53.6 Å². The number of thiazole rings is 1. The van der Waals surface area contributed by atoms with Crippen LogP contribution in [0.1, 0.15) is 10.6 Å². The molecule has 6 heteroatoms. The van der Waals surface area contributed by atoms with Gasteiger partial charge in [0, 0.05) is 30.2 Å². The minimum Gasteiger partial charge on any atom is -0.306 e. The normalized spacial score (nSPS) is 10.9. The SMILES string of the molecule is c1csc(-c2[nH]ncc2CNCc2nccs2)c1. The molecule has 3 rings (SSSR count). The Morgan fingerprint density at radius 3 is 3.00 bits per heavy atom. The zero-order valence-corrected chi connectivity index (χ0v) is 11.2. The third kappa shape index (κ3) is 2.50. The Hall–Kier alpha value is -1.50. The van der Waals surface area contributed by atoms with E-state index in [1.807, 2.05) is 23.8 Å². The number of rotatable bonds is 5. The summed E-state index contributed by atoms with van der Waals surface area (Å²) < 4.78 is 0. The predicted molar refractivity (Wildman–Crippen MR) is 74.6 cm³/mol. The second kappa shape index (κ2) is 5.43. The van der Waals surface area contributed by atoms with Gasteiger partial charge in [-0.3, -0.25) is 5.10 Å². The molecule has 92 valence electrons. The van der Waals surface area contributed by atoms with E-state index in [0.717, 1.165) is 23.8 Å². The lowest BCUT2D eigenvalue weighted by molar-refractivity contribution is 0.691. The van der Waals surface area contributed by atoms with E-state index >= 15 is 0 Å². The minimum atomic E-state index is 0.795. The van der Waals surface area contributed by atoms with Crippen molar-refractivity contribution in [2.24, 2.45) is 0 Å². The van der Waals surface area contributed by atoms with Crippen molar-refractivity contribution in [2.75, 3.05) is 0 Å². The summed E-state index contributed by atoms with van der Waals surface area (Å²) in [6, 6.07) is 4.15. The number of hydrogen-bond acceptors (Lipinski definition) is 5. The van der Waals surface area contributed by atoms with Gasteiger partial charge < -0.3 is 5.32 Å². The Morgan fingerprint density at radius 2 is 2.22 bits per heavy atom. The van der Waals surface area contributed by atoms with Crippen LogP contribution in [0.5, 0.6) is 0 Å². The van der Waals surface area contributed by atoms with Crippen LogP contribution in [0.15, 0.2) is 35.3 Å². The molecule has 0 radical (unpaired) electrons. The minimum absolute atomic E-state index is 0.795. The number of nitrogens with one attached hydrogen (secondary N) is 2. The molecule has 0 spiro atoms. The first-order valence-corrected chi connectivity index (χ1v) is 7.34. The average molecular weight is 276 g/mol. The van der Waals surface area contributed by atoms with Gasteiger partial charge in [0.25, 0.3) is 0 Å². The van der Waals surface area contributed by atoms with E-state index in [0.29, 0.717) is 0 Å². The lowest BCUT2D eigenvalue weighted by Crippen LogP contribution is -2.12. The molecule has 18 heavy (non-hydrogen) atoms. The standard InChI is InChI=1S/C12H12N4S2/c1-2-10(17-4-1)12-9(7-15-16-12)6-13-8-11-14-3-5-18-11/h1-5,7,13H,6,8H2,(H,15,16). The van der Waals surface area contributed by atoms with Crippen LogP contribution in [0.4, 0.5) is 0 Å². The summed E-state index contributed by atoms with van der Waals surface area (Å²) in [5, 5.41) is 15.7. The maximum Gasteiger partial charge on any atom is 0.106 e. The second-order valence-electron chi connectivity index (χ2n) is 3.78. The molecular formula is C12H12N4S2. The fraction of sp³-hybridized carbons (Fsp3) is 0.167. The van der Waals surface area contributed by atoms with E-state index in [2.05, 4.69) is 31.9 Å². The van der Waals surface area contributed by atoms with Crippen molar-refractivity contribution in [3.05, 3.63) is 45.9 Å². The first kappa shape index (κ1) is 11.6. The molecule has 0 bridgehead atoms. The van der Waals surface area contributed by atoms with E-state index in [1.54, 1.807) is 22.7 Å². The molecule has 0 aliphatic carbocycles. The van der Waals surface area contributed by atoms with Gasteiger partial charge in [0.1, 0.15) is 5.01 Å². The van der Waals surface area contributed by atoms with Crippen molar-refractivity contribution in [3.8, 4) is 10.6 Å². The molecule has 0 saturated heterocycles. The van der Waals surface area contributed by atoms with Gasteiger partial charge in [-0.15, -0.1) is 22.7 Å². The van der Waals surface area contributed by atoms with Crippen LogP contribution in [-0.4, -0.2) is 15.2 Å². The smallest absolute Gasteiger partial charge is 0.106 e. The highest BCUT2D eigenvalue weighted by atomic mass is 32.1. The van der Waals surface area contributed by atoms with Crippen molar-refractivity contribution in [1.82, 2.24) is 20.5 Å². The van der Waals surface area contributed by atoms with Crippen LogP contribution >= 0.6 is 22.7 Å². The molecule has 3 heterocycles. The van der Waals surface area contributed by atoms with Crippen LogP contribution in [-0.2, 0) is 13.1 Å². The quantitative estimate of drug-likeness (QED) is 0.753. The van der Waals surface area contributed by atoms with Gasteiger partial charge in [0.15, 0.2) is 0 Å². The molecule has 0 atom stereocenters. The summed E-state index contributed by atoms with van der Waals surface area (Å²) >= 11 is 3.38. The molecule has 0 saturated carbocycles.